The van der Waals surface area contributed by atoms with E-state index in [2.05, 4.69) is 15.9 Å². The molecule has 2 heterocycles. The highest BCUT2D eigenvalue weighted by atomic mass is 79.9. The molecule has 0 amide bonds. The van der Waals surface area contributed by atoms with Crippen molar-refractivity contribution in [3.63, 3.8) is 0 Å². The van der Waals surface area contributed by atoms with Gasteiger partial charge in [0.15, 0.2) is 0 Å². The smallest absolute Gasteiger partial charge is 0.245 e. The van der Waals surface area contributed by atoms with Crippen molar-refractivity contribution in [2.24, 2.45) is 0 Å². The summed E-state index contributed by atoms with van der Waals surface area (Å²) in [4.78, 5) is -0.0629. The summed E-state index contributed by atoms with van der Waals surface area (Å²) < 4.78 is 45.7. The third-order valence-electron chi connectivity index (χ3n) is 3.68. The zero-order valence-corrected chi connectivity index (χ0v) is 13.0. The Morgan fingerprint density at radius 3 is 2.50 bits per heavy atom. The average molecular weight is 365 g/mol. The lowest BCUT2D eigenvalue weighted by Crippen LogP contribution is -2.45. The number of anilines is 1. The Labute approximate surface area is 125 Å². The Balaban J connectivity index is 1.98. The van der Waals surface area contributed by atoms with E-state index in [0.717, 1.165) is 18.9 Å². The van der Waals surface area contributed by atoms with Crippen molar-refractivity contribution in [3.8, 4) is 0 Å². The van der Waals surface area contributed by atoms with Crippen LogP contribution in [0.15, 0.2) is 21.5 Å². The third-order valence-corrected chi connectivity index (χ3v) is 6.18. The highest BCUT2D eigenvalue weighted by Gasteiger charge is 2.40. The van der Waals surface area contributed by atoms with Crippen molar-refractivity contribution in [1.82, 2.24) is 4.31 Å². The van der Waals surface area contributed by atoms with Gasteiger partial charge < -0.3 is 10.5 Å². The first-order valence-electron chi connectivity index (χ1n) is 6.28. The second kappa shape index (κ2) is 4.94. The van der Waals surface area contributed by atoms with Gasteiger partial charge in [0, 0.05) is 13.1 Å². The van der Waals surface area contributed by atoms with Gasteiger partial charge in [0.25, 0.3) is 0 Å². The lowest BCUT2D eigenvalue weighted by molar-refractivity contribution is -0.0114. The average Bonchev–Trinajstić information content (AvgIpc) is 2.72. The predicted octanol–water partition coefficient (Wildman–Crippen LogP) is 1.72. The highest BCUT2D eigenvalue weighted by Crippen LogP contribution is 2.33. The number of fused-ring (bicyclic) bond motifs is 2. The van der Waals surface area contributed by atoms with Crippen molar-refractivity contribution >= 4 is 31.6 Å². The van der Waals surface area contributed by atoms with Crippen molar-refractivity contribution in [2.75, 3.05) is 18.8 Å². The van der Waals surface area contributed by atoms with Crippen LogP contribution in [0.2, 0.25) is 0 Å². The largest absolute Gasteiger partial charge is 0.398 e. The number of nitrogen functional groups attached to an aromatic ring is 1. The van der Waals surface area contributed by atoms with Gasteiger partial charge in [0.2, 0.25) is 10.0 Å². The van der Waals surface area contributed by atoms with Crippen molar-refractivity contribution < 1.29 is 17.5 Å². The van der Waals surface area contributed by atoms with E-state index < -0.39 is 15.8 Å². The molecule has 0 aromatic heterocycles. The predicted molar refractivity (Wildman–Crippen MR) is 75.2 cm³/mol. The molecule has 2 bridgehead atoms. The molecule has 1 aromatic carbocycles. The Morgan fingerprint density at radius 2 is 1.90 bits per heavy atom. The molecule has 0 spiro atoms. The highest BCUT2D eigenvalue weighted by molar-refractivity contribution is 9.10. The van der Waals surface area contributed by atoms with Crippen LogP contribution in [0.3, 0.4) is 0 Å². The lowest BCUT2D eigenvalue weighted by Gasteiger charge is -2.31. The second-order valence-electron chi connectivity index (χ2n) is 5.08. The van der Waals surface area contributed by atoms with Gasteiger partial charge in [-0.3, -0.25) is 0 Å². The molecule has 1 aromatic rings. The minimum atomic E-state index is -3.73. The van der Waals surface area contributed by atoms with E-state index in [4.69, 9.17) is 10.5 Å². The molecule has 110 valence electrons. The first-order valence-corrected chi connectivity index (χ1v) is 8.51. The molecule has 0 radical (unpaired) electrons. The zero-order chi connectivity index (χ0) is 14.5. The quantitative estimate of drug-likeness (QED) is 0.811. The lowest BCUT2D eigenvalue weighted by atomic mass is 10.2. The number of morpholine rings is 1. The van der Waals surface area contributed by atoms with Gasteiger partial charge in [-0.1, -0.05) is 0 Å². The Bertz CT molecular complexity index is 640. The molecule has 2 unspecified atom stereocenters. The van der Waals surface area contributed by atoms with Crippen LogP contribution in [-0.2, 0) is 14.8 Å². The number of ether oxygens (including phenoxy) is 1. The molecule has 3 rings (SSSR count). The van der Waals surface area contributed by atoms with Crippen molar-refractivity contribution in [3.05, 3.63) is 22.4 Å². The molecule has 2 aliphatic rings. The summed E-state index contributed by atoms with van der Waals surface area (Å²) in [5, 5.41) is 0. The maximum atomic E-state index is 13.4. The fourth-order valence-corrected chi connectivity index (χ4v) is 4.80. The maximum Gasteiger partial charge on any atom is 0.245 e. The van der Waals surface area contributed by atoms with Gasteiger partial charge >= 0.3 is 0 Å². The molecule has 5 nitrogen and oxygen atoms in total. The summed E-state index contributed by atoms with van der Waals surface area (Å²) in [6, 6.07) is 2.24. The van der Waals surface area contributed by atoms with E-state index in [1.807, 2.05) is 0 Å². The van der Waals surface area contributed by atoms with Crippen LogP contribution in [-0.4, -0.2) is 38.0 Å². The van der Waals surface area contributed by atoms with E-state index in [-0.39, 0.29) is 27.3 Å². The van der Waals surface area contributed by atoms with Crippen LogP contribution in [0.5, 0.6) is 0 Å². The summed E-state index contributed by atoms with van der Waals surface area (Å²) in [5.74, 6) is -0.580. The molecule has 8 heteroatoms. The second-order valence-corrected chi connectivity index (χ2v) is 7.84. The van der Waals surface area contributed by atoms with Crippen molar-refractivity contribution in [2.45, 2.75) is 29.9 Å². The molecule has 2 atom stereocenters. The van der Waals surface area contributed by atoms with Gasteiger partial charge in [-0.25, -0.2) is 12.8 Å². The number of nitrogens with zero attached hydrogens (tertiary/aromatic N) is 1. The van der Waals surface area contributed by atoms with E-state index >= 15 is 0 Å². The molecule has 20 heavy (non-hydrogen) atoms. The molecule has 2 N–H and O–H groups in total. The first-order chi connectivity index (χ1) is 9.38. The maximum absolute atomic E-state index is 13.4. The Kier molecular flexibility index (Phi) is 3.52. The number of sulfonamides is 1. The fraction of sp³-hybridized carbons (Fsp3) is 0.500. The van der Waals surface area contributed by atoms with E-state index in [1.54, 1.807) is 0 Å². The topological polar surface area (TPSA) is 72.6 Å². The minimum Gasteiger partial charge on any atom is -0.398 e. The summed E-state index contributed by atoms with van der Waals surface area (Å²) in [6.45, 7) is 0.653. The molecule has 0 saturated carbocycles. The minimum absolute atomic E-state index is 0.0476. The number of hydrogen-bond donors (Lipinski definition) is 1. The molecule has 2 fully saturated rings. The van der Waals surface area contributed by atoms with Crippen LogP contribution >= 0.6 is 15.9 Å². The third kappa shape index (κ3) is 2.34. The fourth-order valence-electron chi connectivity index (χ4n) is 2.68. The Hall–Kier alpha value is -0.700. The molecular weight excluding hydrogens is 351 g/mol. The number of hydrogen-bond acceptors (Lipinski definition) is 4. The first kappa shape index (κ1) is 14.2. The van der Waals surface area contributed by atoms with E-state index in [1.165, 1.54) is 10.4 Å². The number of benzene rings is 1. The SMILES string of the molecule is Nc1cc(F)c(Br)cc1S(=O)(=O)N1CC2CCC(C1)O2. The standard InChI is InChI=1S/C12H14BrFN2O3S/c13-9-3-12(11(15)4-10(9)14)20(17,18)16-5-7-1-2-8(6-16)19-7/h3-4,7-8H,1-2,5-6,15H2. The Morgan fingerprint density at radius 1 is 1.30 bits per heavy atom. The summed E-state index contributed by atoms with van der Waals surface area (Å²) in [6.07, 6.45) is 1.65. The number of halogens is 2. The van der Waals surface area contributed by atoms with E-state index in [0.29, 0.717) is 13.1 Å². The summed E-state index contributed by atoms with van der Waals surface area (Å²) in [7, 11) is -3.73. The molecule has 0 aliphatic carbocycles. The van der Waals surface area contributed by atoms with Crippen LogP contribution in [0.25, 0.3) is 0 Å². The summed E-state index contributed by atoms with van der Waals surface area (Å²) >= 11 is 2.99. The van der Waals surface area contributed by atoms with Crippen LogP contribution in [0.4, 0.5) is 10.1 Å². The van der Waals surface area contributed by atoms with Crippen molar-refractivity contribution in [1.29, 1.82) is 0 Å². The van der Waals surface area contributed by atoms with Crippen LogP contribution < -0.4 is 5.73 Å². The van der Waals surface area contributed by atoms with Crippen LogP contribution in [0, 0.1) is 5.82 Å². The molecule has 2 aliphatic heterocycles. The monoisotopic (exact) mass is 364 g/mol. The van der Waals surface area contributed by atoms with Gasteiger partial charge in [0.1, 0.15) is 10.7 Å². The van der Waals surface area contributed by atoms with Gasteiger partial charge in [0.05, 0.1) is 22.4 Å². The van der Waals surface area contributed by atoms with Crippen LogP contribution in [0.1, 0.15) is 12.8 Å². The van der Waals surface area contributed by atoms with Gasteiger partial charge in [-0.15, -0.1) is 0 Å². The summed E-state index contributed by atoms with van der Waals surface area (Å²) in [5.41, 5.74) is 5.59. The number of rotatable bonds is 2. The number of nitrogens with two attached hydrogens (primary N) is 1. The van der Waals surface area contributed by atoms with Gasteiger partial charge in [-0.05, 0) is 40.9 Å². The molecular formula is C12H14BrFN2O3S. The van der Waals surface area contributed by atoms with E-state index in [9.17, 15) is 12.8 Å². The van der Waals surface area contributed by atoms with Gasteiger partial charge in [-0.2, -0.15) is 4.31 Å². The molecule has 2 saturated heterocycles. The normalized spacial score (nSPS) is 26.9. The zero-order valence-electron chi connectivity index (χ0n) is 10.6.